The topological polar surface area (TPSA) is 67.1 Å². The highest BCUT2D eigenvalue weighted by molar-refractivity contribution is 5.99. The zero-order chi connectivity index (χ0) is 10.8. The normalized spacial score (nSPS) is 16.0. The van der Waals surface area contributed by atoms with Gasteiger partial charge < -0.3 is 16.4 Å². The fourth-order valence-corrected chi connectivity index (χ4v) is 1.82. The number of carbonyl (C=O) groups excluding carboxylic acids is 1. The molecule has 1 atom stereocenters. The highest BCUT2D eigenvalue weighted by atomic mass is 16.1. The summed E-state index contributed by atoms with van der Waals surface area (Å²) in [7, 11) is 1.87. The molecule has 15 heavy (non-hydrogen) atoms. The van der Waals surface area contributed by atoms with E-state index in [1.165, 1.54) is 0 Å². The van der Waals surface area contributed by atoms with Crippen molar-refractivity contribution in [2.24, 2.45) is 5.73 Å². The van der Waals surface area contributed by atoms with E-state index >= 15 is 0 Å². The van der Waals surface area contributed by atoms with Crippen LogP contribution in [0.5, 0.6) is 0 Å². The second-order valence-corrected chi connectivity index (χ2v) is 3.81. The molecule has 0 bridgehead atoms. The van der Waals surface area contributed by atoms with Crippen LogP contribution in [0.2, 0.25) is 0 Å². The molecule has 1 unspecified atom stereocenters. The molecule has 0 fully saturated rings. The van der Waals surface area contributed by atoms with Gasteiger partial charge in [0.05, 0.1) is 6.42 Å². The van der Waals surface area contributed by atoms with Gasteiger partial charge in [0.15, 0.2) is 0 Å². The van der Waals surface area contributed by atoms with Gasteiger partial charge in [-0.3, -0.25) is 4.79 Å². The summed E-state index contributed by atoms with van der Waals surface area (Å²) in [5.41, 5.74) is 9.00. The zero-order valence-corrected chi connectivity index (χ0v) is 8.71. The number of anilines is 1. The second-order valence-electron chi connectivity index (χ2n) is 3.81. The number of hydrogen-bond acceptors (Lipinski definition) is 3. The molecule has 1 aromatic rings. The highest BCUT2D eigenvalue weighted by Gasteiger charge is 2.18. The van der Waals surface area contributed by atoms with E-state index in [1.54, 1.807) is 0 Å². The minimum absolute atomic E-state index is 0.0176. The molecule has 1 amide bonds. The monoisotopic (exact) mass is 205 g/mol. The van der Waals surface area contributed by atoms with Crippen molar-refractivity contribution in [3.63, 3.8) is 0 Å². The number of amides is 1. The lowest BCUT2D eigenvalue weighted by molar-refractivity contribution is -0.115. The first kappa shape index (κ1) is 10.1. The summed E-state index contributed by atoms with van der Waals surface area (Å²) >= 11 is 0. The second kappa shape index (κ2) is 4.00. The first-order valence-electron chi connectivity index (χ1n) is 5.03. The van der Waals surface area contributed by atoms with E-state index < -0.39 is 0 Å². The van der Waals surface area contributed by atoms with Gasteiger partial charge in [0.2, 0.25) is 5.91 Å². The third-order valence-corrected chi connectivity index (χ3v) is 2.61. The summed E-state index contributed by atoms with van der Waals surface area (Å²) in [6.07, 6.45) is 0.468. The van der Waals surface area contributed by atoms with Crippen LogP contribution in [0.4, 0.5) is 5.69 Å². The molecule has 1 heterocycles. The summed E-state index contributed by atoms with van der Waals surface area (Å²) in [5, 5.41) is 5.84. The molecule has 4 nitrogen and oxygen atoms in total. The average Bonchev–Trinajstić information content (AvgIpc) is 2.57. The van der Waals surface area contributed by atoms with Crippen LogP contribution < -0.4 is 16.4 Å². The minimum atomic E-state index is -0.0176. The smallest absolute Gasteiger partial charge is 0.228 e. The van der Waals surface area contributed by atoms with Gasteiger partial charge >= 0.3 is 0 Å². The fraction of sp³-hybridized carbons (Fsp3) is 0.364. The van der Waals surface area contributed by atoms with E-state index in [4.69, 9.17) is 5.73 Å². The average molecular weight is 205 g/mol. The number of hydrogen-bond donors (Lipinski definition) is 3. The van der Waals surface area contributed by atoms with Gasteiger partial charge in [0.25, 0.3) is 0 Å². The van der Waals surface area contributed by atoms with Gasteiger partial charge in [-0.25, -0.2) is 0 Å². The third-order valence-electron chi connectivity index (χ3n) is 2.61. The molecule has 2 rings (SSSR count). The molecule has 4 N–H and O–H groups in total. The van der Waals surface area contributed by atoms with E-state index in [1.807, 2.05) is 25.2 Å². The predicted molar refractivity (Wildman–Crippen MR) is 59.6 cm³/mol. The summed E-state index contributed by atoms with van der Waals surface area (Å²) in [6.45, 7) is 0.736. The maximum Gasteiger partial charge on any atom is 0.228 e. The molecular weight excluding hydrogens is 190 g/mol. The van der Waals surface area contributed by atoms with E-state index in [0.717, 1.165) is 23.4 Å². The predicted octanol–water partition coefficient (Wildman–Crippen LogP) is 0.400. The van der Waals surface area contributed by atoms with Gasteiger partial charge in [0, 0.05) is 18.3 Å². The van der Waals surface area contributed by atoms with Crippen LogP contribution >= 0.6 is 0 Å². The van der Waals surface area contributed by atoms with Crippen LogP contribution in [-0.2, 0) is 11.2 Å². The molecular formula is C11H15N3O. The van der Waals surface area contributed by atoms with Crippen molar-refractivity contribution in [3.8, 4) is 0 Å². The Balaban J connectivity index is 2.23. The molecule has 0 radical (unpaired) electrons. The van der Waals surface area contributed by atoms with E-state index in [0.29, 0.717) is 6.42 Å². The van der Waals surface area contributed by atoms with Gasteiger partial charge in [-0.15, -0.1) is 0 Å². The lowest BCUT2D eigenvalue weighted by atomic mass is 10.0. The number of rotatable bonds is 3. The quantitative estimate of drug-likeness (QED) is 0.669. The number of nitrogens with two attached hydrogens (primary N) is 1. The Morgan fingerprint density at radius 2 is 2.40 bits per heavy atom. The summed E-state index contributed by atoms with van der Waals surface area (Å²) in [5.74, 6) is 0.0596. The van der Waals surface area contributed by atoms with Crippen LogP contribution in [0.1, 0.15) is 17.2 Å². The Bertz CT molecular complexity index is 389. The van der Waals surface area contributed by atoms with Gasteiger partial charge in [-0.1, -0.05) is 12.1 Å². The van der Waals surface area contributed by atoms with Gasteiger partial charge in [-0.05, 0) is 24.2 Å². The largest absolute Gasteiger partial charge is 0.326 e. The number of fused-ring (bicyclic) bond motifs is 1. The van der Waals surface area contributed by atoms with Gasteiger partial charge in [-0.2, -0.15) is 0 Å². The molecule has 0 spiro atoms. The van der Waals surface area contributed by atoms with E-state index in [9.17, 15) is 4.79 Å². The van der Waals surface area contributed by atoms with Crippen LogP contribution in [-0.4, -0.2) is 19.5 Å². The maximum atomic E-state index is 11.2. The van der Waals surface area contributed by atoms with E-state index in [-0.39, 0.29) is 11.9 Å². The SMILES string of the molecule is CNCC(N)c1ccc2c(c1)CC(=O)N2. The van der Waals surface area contributed by atoms with Crippen molar-refractivity contribution < 1.29 is 4.79 Å². The van der Waals surface area contributed by atoms with Crippen molar-refractivity contribution in [3.05, 3.63) is 29.3 Å². The number of carbonyl (C=O) groups is 1. The molecule has 0 saturated carbocycles. The Kier molecular flexibility index (Phi) is 2.70. The molecule has 1 aromatic carbocycles. The fourth-order valence-electron chi connectivity index (χ4n) is 1.82. The Morgan fingerprint density at radius 1 is 1.60 bits per heavy atom. The molecule has 0 saturated heterocycles. The maximum absolute atomic E-state index is 11.2. The molecule has 0 aliphatic carbocycles. The van der Waals surface area contributed by atoms with Crippen LogP contribution in [0.3, 0.4) is 0 Å². The van der Waals surface area contributed by atoms with Crippen molar-refractivity contribution in [2.75, 3.05) is 18.9 Å². The zero-order valence-electron chi connectivity index (χ0n) is 8.71. The van der Waals surface area contributed by atoms with Crippen LogP contribution in [0.25, 0.3) is 0 Å². The lowest BCUT2D eigenvalue weighted by Gasteiger charge is -2.12. The summed E-state index contributed by atoms with van der Waals surface area (Å²) in [4.78, 5) is 11.2. The molecule has 4 heteroatoms. The summed E-state index contributed by atoms with van der Waals surface area (Å²) < 4.78 is 0. The lowest BCUT2D eigenvalue weighted by Crippen LogP contribution is -2.23. The van der Waals surface area contributed by atoms with Crippen molar-refractivity contribution in [1.82, 2.24) is 5.32 Å². The first-order chi connectivity index (χ1) is 7.20. The summed E-state index contributed by atoms with van der Waals surface area (Å²) in [6, 6.07) is 5.88. The molecule has 1 aliphatic rings. The van der Waals surface area contributed by atoms with Crippen LogP contribution in [0, 0.1) is 0 Å². The van der Waals surface area contributed by atoms with Crippen molar-refractivity contribution >= 4 is 11.6 Å². The Labute approximate surface area is 88.9 Å². The van der Waals surface area contributed by atoms with Gasteiger partial charge in [0.1, 0.15) is 0 Å². The molecule has 0 aromatic heterocycles. The standard InChI is InChI=1S/C11H15N3O/c1-13-6-9(12)7-2-3-10-8(4-7)5-11(15)14-10/h2-4,9,13H,5-6,12H2,1H3,(H,14,15). The number of benzene rings is 1. The highest BCUT2D eigenvalue weighted by Crippen LogP contribution is 2.25. The Morgan fingerprint density at radius 3 is 3.13 bits per heavy atom. The third kappa shape index (κ3) is 2.00. The molecule has 1 aliphatic heterocycles. The van der Waals surface area contributed by atoms with Crippen LogP contribution in [0.15, 0.2) is 18.2 Å². The Hall–Kier alpha value is -1.39. The number of likely N-dealkylation sites (N-methyl/N-ethyl adjacent to an activating group) is 1. The number of nitrogens with one attached hydrogen (secondary N) is 2. The first-order valence-corrected chi connectivity index (χ1v) is 5.03. The minimum Gasteiger partial charge on any atom is -0.326 e. The van der Waals surface area contributed by atoms with Crippen molar-refractivity contribution in [1.29, 1.82) is 0 Å². The molecule has 80 valence electrons. The van der Waals surface area contributed by atoms with Crippen molar-refractivity contribution in [2.45, 2.75) is 12.5 Å². The van der Waals surface area contributed by atoms with E-state index in [2.05, 4.69) is 10.6 Å².